The molecule has 0 saturated carbocycles. The number of nitrogens with zero attached hydrogens (tertiary/aromatic N) is 3. The number of hydrogen-bond donors (Lipinski definition) is 1. The number of benzene rings is 1. The molecule has 0 aliphatic carbocycles. The minimum absolute atomic E-state index is 0.0349. The number of carbonyl (C=O) groups is 1. The van der Waals surface area contributed by atoms with Crippen molar-refractivity contribution in [2.24, 2.45) is 0 Å². The maximum absolute atomic E-state index is 14.6. The first kappa shape index (κ1) is 20.7. The van der Waals surface area contributed by atoms with E-state index in [0.29, 0.717) is 29.1 Å². The molecule has 2 unspecified atom stereocenters. The fraction of sp³-hybridized carbons (Fsp3) is 0.478. The zero-order chi connectivity index (χ0) is 21.8. The number of nitriles is 1. The van der Waals surface area contributed by atoms with Gasteiger partial charge in [0.05, 0.1) is 29.8 Å². The van der Waals surface area contributed by atoms with Gasteiger partial charge in [0, 0.05) is 41.6 Å². The number of aliphatic hydroxyl groups excluding tert-OH is 1. The van der Waals surface area contributed by atoms with Gasteiger partial charge in [0.2, 0.25) is 0 Å². The first-order valence-electron chi connectivity index (χ1n) is 10.2. The van der Waals surface area contributed by atoms with Gasteiger partial charge in [-0.25, -0.2) is 8.78 Å². The average molecular weight is 413 g/mol. The third-order valence-corrected chi connectivity index (χ3v) is 6.59. The van der Waals surface area contributed by atoms with Gasteiger partial charge in [-0.05, 0) is 57.4 Å². The van der Waals surface area contributed by atoms with E-state index in [2.05, 4.69) is 0 Å². The van der Waals surface area contributed by atoms with E-state index in [1.54, 1.807) is 42.7 Å². The molecule has 0 spiro atoms. The molecule has 2 fully saturated rings. The lowest BCUT2D eigenvalue weighted by Crippen LogP contribution is -2.37. The number of aromatic nitrogens is 1. The van der Waals surface area contributed by atoms with Gasteiger partial charge in [-0.1, -0.05) is 0 Å². The molecule has 1 aromatic heterocycles. The van der Waals surface area contributed by atoms with Gasteiger partial charge in [0.25, 0.3) is 5.92 Å². The number of hydrogen-bond acceptors (Lipinski definition) is 4. The maximum Gasteiger partial charge on any atom is 0.272 e. The molecule has 3 atom stereocenters. The summed E-state index contributed by atoms with van der Waals surface area (Å²) in [5.41, 5.74) is 1.70. The summed E-state index contributed by atoms with van der Waals surface area (Å²) in [7, 11) is 0. The molecular formula is C23H25F2N3O2. The standard InChI is InChI=1S/C23H25F2N3O2/c1-13-21(20(30)12-27-17-8-9-18(27)19(29)10-17)22(23(3,24)25)14(2)28(13)16-6-4-15(11-26)5-7-16/h4-7,17-19,29H,8-10,12H2,1-3H3/t17?,18?,19-/m0/s1. The molecule has 0 amide bonds. The smallest absolute Gasteiger partial charge is 0.272 e. The molecule has 2 aromatic rings. The van der Waals surface area contributed by atoms with E-state index in [0.717, 1.165) is 19.8 Å². The van der Waals surface area contributed by atoms with E-state index in [1.165, 1.54) is 0 Å². The minimum Gasteiger partial charge on any atom is -0.391 e. The zero-order valence-electron chi connectivity index (χ0n) is 17.3. The van der Waals surface area contributed by atoms with E-state index in [1.807, 2.05) is 11.0 Å². The van der Waals surface area contributed by atoms with Crippen LogP contribution in [0.15, 0.2) is 24.3 Å². The number of carbonyl (C=O) groups excluding carboxylic acids is 1. The van der Waals surface area contributed by atoms with Crippen molar-refractivity contribution in [3.8, 4) is 11.8 Å². The number of rotatable bonds is 5. The Bertz CT molecular complexity index is 1030. The summed E-state index contributed by atoms with van der Waals surface area (Å²) in [4.78, 5) is 15.3. The molecule has 2 bridgehead atoms. The monoisotopic (exact) mass is 413 g/mol. The van der Waals surface area contributed by atoms with Crippen LogP contribution in [0.2, 0.25) is 0 Å². The van der Waals surface area contributed by atoms with Crippen LogP contribution in [0.3, 0.4) is 0 Å². The Hall–Kier alpha value is -2.56. The van der Waals surface area contributed by atoms with Gasteiger partial charge in [0.15, 0.2) is 5.78 Å². The highest BCUT2D eigenvalue weighted by Gasteiger charge is 2.47. The quantitative estimate of drug-likeness (QED) is 0.756. The summed E-state index contributed by atoms with van der Waals surface area (Å²) in [6.45, 7) is 4.13. The van der Waals surface area contributed by atoms with Gasteiger partial charge < -0.3 is 9.67 Å². The van der Waals surface area contributed by atoms with Crippen LogP contribution < -0.4 is 0 Å². The Labute approximate surface area is 174 Å². The van der Waals surface area contributed by atoms with Gasteiger partial charge in [-0.3, -0.25) is 9.69 Å². The molecule has 2 saturated heterocycles. The number of alkyl halides is 2. The first-order chi connectivity index (χ1) is 14.1. The molecule has 5 nitrogen and oxygen atoms in total. The highest BCUT2D eigenvalue weighted by Crippen LogP contribution is 2.40. The molecular weight excluding hydrogens is 388 g/mol. The third-order valence-electron chi connectivity index (χ3n) is 6.59. The summed E-state index contributed by atoms with van der Waals surface area (Å²) in [5, 5.41) is 19.2. The van der Waals surface area contributed by atoms with Crippen molar-refractivity contribution in [1.82, 2.24) is 9.47 Å². The summed E-state index contributed by atoms with van der Waals surface area (Å²) in [6, 6.07) is 8.77. The normalized spacial score (nSPS) is 23.7. The lowest BCUT2D eigenvalue weighted by molar-refractivity contribution is 0.0157. The number of Topliss-reactive ketones (excluding diaryl/α,β-unsaturated/α-hetero) is 1. The molecule has 0 radical (unpaired) electrons. The SMILES string of the molecule is Cc1c(C(=O)CN2C3CCC2[C@@H](O)C3)c(C(C)(F)F)c(C)n1-c1ccc(C#N)cc1. The van der Waals surface area contributed by atoms with Gasteiger partial charge >= 0.3 is 0 Å². The van der Waals surface area contributed by atoms with Crippen LogP contribution in [0.25, 0.3) is 5.69 Å². The maximum atomic E-state index is 14.6. The van der Waals surface area contributed by atoms with Crippen LogP contribution in [-0.2, 0) is 5.92 Å². The van der Waals surface area contributed by atoms with Crippen molar-refractivity contribution in [2.45, 2.75) is 64.1 Å². The summed E-state index contributed by atoms with van der Waals surface area (Å²) in [5.74, 6) is -3.52. The summed E-state index contributed by atoms with van der Waals surface area (Å²) >= 11 is 0. The fourth-order valence-electron chi connectivity index (χ4n) is 5.35. The summed E-state index contributed by atoms with van der Waals surface area (Å²) in [6.07, 6.45) is 1.95. The van der Waals surface area contributed by atoms with E-state index < -0.39 is 12.0 Å². The van der Waals surface area contributed by atoms with Crippen molar-refractivity contribution >= 4 is 5.78 Å². The van der Waals surface area contributed by atoms with Crippen molar-refractivity contribution in [1.29, 1.82) is 5.26 Å². The predicted octanol–water partition coefficient (Wildman–Crippen LogP) is 3.86. The molecule has 4 rings (SSSR count). The van der Waals surface area contributed by atoms with E-state index in [-0.39, 0.29) is 35.5 Å². The highest BCUT2D eigenvalue weighted by atomic mass is 19.3. The first-order valence-corrected chi connectivity index (χ1v) is 10.2. The minimum atomic E-state index is -3.18. The fourth-order valence-corrected chi connectivity index (χ4v) is 5.35. The molecule has 1 aromatic carbocycles. The molecule has 2 aliphatic rings. The van der Waals surface area contributed by atoms with Crippen LogP contribution in [0.1, 0.15) is 59.1 Å². The Morgan fingerprint density at radius 3 is 2.40 bits per heavy atom. The van der Waals surface area contributed by atoms with Crippen LogP contribution in [0.4, 0.5) is 8.78 Å². The molecule has 2 aliphatic heterocycles. The van der Waals surface area contributed by atoms with E-state index in [9.17, 15) is 18.7 Å². The second-order valence-electron chi connectivity index (χ2n) is 8.50. The number of aliphatic hydroxyl groups is 1. The van der Waals surface area contributed by atoms with Crippen molar-refractivity contribution in [2.75, 3.05) is 6.54 Å². The van der Waals surface area contributed by atoms with Crippen molar-refractivity contribution in [3.63, 3.8) is 0 Å². The highest BCUT2D eigenvalue weighted by molar-refractivity contribution is 6.01. The van der Waals surface area contributed by atoms with Crippen molar-refractivity contribution in [3.05, 3.63) is 52.3 Å². The molecule has 7 heteroatoms. The van der Waals surface area contributed by atoms with Gasteiger partial charge in [0.1, 0.15) is 0 Å². The van der Waals surface area contributed by atoms with Crippen molar-refractivity contribution < 1.29 is 18.7 Å². The Kier molecular flexibility index (Phi) is 5.03. The second kappa shape index (κ2) is 7.29. The Balaban J connectivity index is 1.77. The van der Waals surface area contributed by atoms with Crippen LogP contribution in [0.5, 0.6) is 0 Å². The third kappa shape index (κ3) is 3.24. The van der Waals surface area contributed by atoms with Crippen LogP contribution in [0, 0.1) is 25.2 Å². The molecule has 30 heavy (non-hydrogen) atoms. The van der Waals surface area contributed by atoms with Gasteiger partial charge in [-0.2, -0.15) is 5.26 Å². The predicted molar refractivity (Wildman–Crippen MR) is 108 cm³/mol. The Morgan fingerprint density at radius 2 is 1.90 bits per heavy atom. The lowest BCUT2D eigenvalue weighted by Gasteiger charge is -2.22. The number of fused-ring (bicyclic) bond motifs is 2. The number of ketones is 1. The van der Waals surface area contributed by atoms with E-state index in [4.69, 9.17) is 5.26 Å². The molecule has 3 heterocycles. The Morgan fingerprint density at radius 1 is 1.23 bits per heavy atom. The largest absolute Gasteiger partial charge is 0.391 e. The topological polar surface area (TPSA) is 69.3 Å². The lowest BCUT2D eigenvalue weighted by atomic mass is 9.98. The zero-order valence-corrected chi connectivity index (χ0v) is 17.3. The van der Waals surface area contributed by atoms with Gasteiger partial charge in [-0.15, -0.1) is 0 Å². The number of halogens is 2. The van der Waals surface area contributed by atoms with Crippen LogP contribution >= 0.6 is 0 Å². The molecule has 158 valence electrons. The van der Waals surface area contributed by atoms with Crippen LogP contribution in [-0.4, -0.2) is 45.1 Å². The van der Waals surface area contributed by atoms with E-state index >= 15 is 0 Å². The molecule has 1 N–H and O–H groups in total. The average Bonchev–Trinajstić information content (AvgIpc) is 3.29. The second-order valence-corrected chi connectivity index (χ2v) is 8.50. The summed E-state index contributed by atoms with van der Waals surface area (Å²) < 4.78 is 30.9.